The monoisotopic (exact) mass is 291 g/mol. The molecule has 0 fully saturated rings. The molecule has 120 valence electrons. The molecule has 0 aliphatic carbocycles. The van der Waals surface area contributed by atoms with Gasteiger partial charge < -0.3 is 9.64 Å². The highest BCUT2D eigenvalue weighted by molar-refractivity contribution is 5.45. The van der Waals surface area contributed by atoms with Crippen molar-refractivity contribution in [2.45, 2.75) is 53.4 Å². The topological polar surface area (TPSA) is 12.5 Å². The molecule has 0 N–H and O–H groups in total. The van der Waals surface area contributed by atoms with Crippen LogP contribution >= 0.6 is 0 Å². The van der Waals surface area contributed by atoms with Gasteiger partial charge >= 0.3 is 0 Å². The average molecular weight is 291 g/mol. The highest BCUT2D eigenvalue weighted by atomic mass is 16.5. The Balaban J connectivity index is 3.12. The summed E-state index contributed by atoms with van der Waals surface area (Å²) in [4.78, 5) is 2.16. The smallest absolute Gasteiger partial charge is 0.126 e. The fraction of sp³-hybridized carbons (Fsp3) is 0.684. The Labute approximate surface area is 131 Å². The predicted octanol–water partition coefficient (Wildman–Crippen LogP) is 4.51. The number of ether oxygens (including phenoxy) is 1. The maximum Gasteiger partial charge on any atom is 0.126 e. The van der Waals surface area contributed by atoms with Crippen molar-refractivity contribution >= 4 is 0 Å². The van der Waals surface area contributed by atoms with Crippen molar-refractivity contribution in [1.29, 1.82) is 0 Å². The fourth-order valence-corrected chi connectivity index (χ4v) is 2.39. The summed E-state index contributed by atoms with van der Waals surface area (Å²) in [5, 5.41) is 0. The van der Waals surface area contributed by atoms with E-state index in [9.17, 15) is 0 Å². The van der Waals surface area contributed by atoms with Gasteiger partial charge in [0, 0.05) is 6.54 Å². The van der Waals surface area contributed by atoms with Gasteiger partial charge in [0.15, 0.2) is 0 Å². The van der Waals surface area contributed by atoms with E-state index in [1.54, 1.807) is 0 Å². The van der Waals surface area contributed by atoms with Crippen molar-refractivity contribution in [2.24, 2.45) is 5.41 Å². The van der Waals surface area contributed by atoms with Crippen molar-refractivity contribution in [3.8, 4) is 5.75 Å². The molecule has 2 heteroatoms. The normalized spacial score (nSPS) is 12.8. The second-order valence-corrected chi connectivity index (χ2v) is 8.43. The summed E-state index contributed by atoms with van der Waals surface area (Å²) in [6.07, 6.45) is 1.04. The number of hydrogen-bond donors (Lipinski definition) is 0. The molecule has 0 aromatic heterocycles. The Morgan fingerprint density at radius 1 is 1.00 bits per heavy atom. The van der Waals surface area contributed by atoms with Crippen LogP contribution in [0.25, 0.3) is 0 Å². The van der Waals surface area contributed by atoms with E-state index in [1.807, 2.05) is 0 Å². The molecule has 0 unspecified atom stereocenters. The Morgan fingerprint density at radius 2 is 1.62 bits per heavy atom. The summed E-state index contributed by atoms with van der Waals surface area (Å²) in [6, 6.07) is 6.59. The number of hydrogen-bond acceptors (Lipinski definition) is 2. The lowest BCUT2D eigenvalue weighted by molar-refractivity contribution is 0.252. The van der Waals surface area contributed by atoms with E-state index in [-0.39, 0.29) is 10.8 Å². The van der Waals surface area contributed by atoms with E-state index >= 15 is 0 Å². The van der Waals surface area contributed by atoms with Gasteiger partial charge in [-0.2, -0.15) is 0 Å². The molecule has 1 aromatic rings. The molecule has 0 atom stereocenters. The van der Waals surface area contributed by atoms with E-state index in [1.165, 1.54) is 11.1 Å². The Kier molecular flexibility index (Phi) is 5.86. The molecule has 0 bridgehead atoms. The number of rotatable bonds is 5. The number of benzene rings is 1. The number of nitrogens with zero attached hydrogens (tertiary/aromatic N) is 1. The molecular formula is C19H33NO. The van der Waals surface area contributed by atoms with Crippen LogP contribution in [0.2, 0.25) is 0 Å². The molecule has 1 aromatic carbocycles. The molecule has 2 nitrogen and oxygen atoms in total. The largest absolute Gasteiger partial charge is 0.492 e. The molecule has 21 heavy (non-hydrogen) atoms. The SMILES string of the molecule is CN(C)CCOc1c(CC(C)(C)C)cccc1C(C)(C)C. The second-order valence-electron chi connectivity index (χ2n) is 8.43. The molecule has 0 saturated carbocycles. The fourth-order valence-electron chi connectivity index (χ4n) is 2.39. The van der Waals surface area contributed by atoms with Crippen LogP contribution < -0.4 is 4.74 Å². The summed E-state index contributed by atoms with van der Waals surface area (Å²) in [5.41, 5.74) is 2.99. The predicted molar refractivity (Wildman–Crippen MR) is 92.4 cm³/mol. The van der Waals surface area contributed by atoms with Crippen LogP contribution in [-0.4, -0.2) is 32.1 Å². The Morgan fingerprint density at radius 3 is 2.10 bits per heavy atom. The van der Waals surface area contributed by atoms with Gasteiger partial charge in [0.2, 0.25) is 0 Å². The van der Waals surface area contributed by atoms with Crippen molar-refractivity contribution in [3.05, 3.63) is 29.3 Å². The summed E-state index contributed by atoms with van der Waals surface area (Å²) in [7, 11) is 4.16. The van der Waals surface area contributed by atoms with Crippen molar-refractivity contribution in [2.75, 3.05) is 27.2 Å². The molecule has 0 aliphatic rings. The van der Waals surface area contributed by atoms with Gasteiger partial charge in [0.25, 0.3) is 0 Å². The van der Waals surface area contributed by atoms with E-state index in [0.29, 0.717) is 0 Å². The third kappa shape index (κ3) is 6.09. The van der Waals surface area contributed by atoms with Gasteiger partial charge in [-0.25, -0.2) is 0 Å². The zero-order chi connectivity index (χ0) is 16.3. The van der Waals surface area contributed by atoms with Crippen LogP contribution in [0.5, 0.6) is 5.75 Å². The number of para-hydroxylation sites is 1. The van der Waals surface area contributed by atoms with E-state index in [2.05, 4.69) is 78.7 Å². The van der Waals surface area contributed by atoms with Gasteiger partial charge in [-0.1, -0.05) is 59.7 Å². The zero-order valence-electron chi connectivity index (χ0n) is 15.2. The summed E-state index contributed by atoms with van der Waals surface area (Å²) in [5.74, 6) is 1.10. The Bertz CT molecular complexity index is 450. The Hall–Kier alpha value is -1.02. The van der Waals surface area contributed by atoms with Crippen LogP contribution in [0.15, 0.2) is 18.2 Å². The lowest BCUT2D eigenvalue weighted by Crippen LogP contribution is -2.22. The molecule has 0 aliphatic heterocycles. The summed E-state index contributed by atoms with van der Waals surface area (Å²) >= 11 is 0. The first kappa shape index (κ1) is 18.0. The van der Waals surface area contributed by atoms with Crippen LogP contribution in [0.1, 0.15) is 52.7 Å². The first-order valence-electron chi connectivity index (χ1n) is 7.90. The average Bonchev–Trinajstić information content (AvgIpc) is 2.27. The number of likely N-dealkylation sites (N-methyl/N-ethyl adjacent to an activating group) is 1. The third-order valence-electron chi connectivity index (χ3n) is 3.41. The van der Waals surface area contributed by atoms with Crippen LogP contribution in [0.3, 0.4) is 0 Å². The molecule has 0 saturated heterocycles. The van der Waals surface area contributed by atoms with Gasteiger partial charge in [-0.15, -0.1) is 0 Å². The maximum absolute atomic E-state index is 6.21. The summed E-state index contributed by atoms with van der Waals surface area (Å²) in [6.45, 7) is 15.3. The van der Waals surface area contributed by atoms with Gasteiger partial charge in [-0.3, -0.25) is 0 Å². The summed E-state index contributed by atoms with van der Waals surface area (Å²) < 4.78 is 6.21. The second kappa shape index (κ2) is 6.83. The molecule has 0 radical (unpaired) electrons. The molecule has 0 amide bonds. The zero-order valence-corrected chi connectivity index (χ0v) is 15.2. The molecular weight excluding hydrogens is 258 g/mol. The van der Waals surface area contributed by atoms with E-state index in [4.69, 9.17) is 4.74 Å². The van der Waals surface area contributed by atoms with Gasteiger partial charge in [0.05, 0.1) is 0 Å². The van der Waals surface area contributed by atoms with Crippen LogP contribution in [0.4, 0.5) is 0 Å². The minimum atomic E-state index is 0.0986. The maximum atomic E-state index is 6.21. The minimum absolute atomic E-state index is 0.0986. The van der Waals surface area contributed by atoms with Crippen molar-refractivity contribution in [1.82, 2.24) is 4.90 Å². The van der Waals surface area contributed by atoms with Crippen molar-refractivity contribution < 1.29 is 4.74 Å². The van der Waals surface area contributed by atoms with E-state index in [0.717, 1.165) is 25.3 Å². The van der Waals surface area contributed by atoms with Crippen molar-refractivity contribution in [3.63, 3.8) is 0 Å². The highest BCUT2D eigenvalue weighted by Crippen LogP contribution is 2.36. The quantitative estimate of drug-likeness (QED) is 0.791. The molecule has 1 rings (SSSR count). The standard InChI is InChI=1S/C19H33NO/c1-18(2,3)14-15-10-9-11-16(19(4,5)6)17(15)21-13-12-20(7)8/h9-11H,12-14H2,1-8H3. The molecule has 0 heterocycles. The molecule has 0 spiro atoms. The van der Waals surface area contributed by atoms with Gasteiger partial charge in [0.1, 0.15) is 12.4 Å². The van der Waals surface area contributed by atoms with Gasteiger partial charge in [-0.05, 0) is 42.5 Å². The third-order valence-corrected chi connectivity index (χ3v) is 3.41. The van der Waals surface area contributed by atoms with Crippen LogP contribution in [0, 0.1) is 5.41 Å². The first-order chi connectivity index (χ1) is 9.50. The lowest BCUT2D eigenvalue weighted by Gasteiger charge is -2.27. The lowest BCUT2D eigenvalue weighted by atomic mass is 9.82. The minimum Gasteiger partial charge on any atom is -0.492 e. The highest BCUT2D eigenvalue weighted by Gasteiger charge is 2.23. The first-order valence-corrected chi connectivity index (χ1v) is 7.90. The van der Waals surface area contributed by atoms with E-state index < -0.39 is 0 Å². The van der Waals surface area contributed by atoms with Crippen LogP contribution in [-0.2, 0) is 11.8 Å².